The molecule has 2 unspecified atom stereocenters. The molecule has 21 heavy (non-hydrogen) atoms. The second kappa shape index (κ2) is 6.70. The van der Waals surface area contributed by atoms with Crippen LogP contribution in [0.5, 0.6) is 5.75 Å². The second-order valence-electron chi connectivity index (χ2n) is 5.67. The van der Waals surface area contributed by atoms with Gasteiger partial charge in [0, 0.05) is 0 Å². The van der Waals surface area contributed by atoms with E-state index in [4.69, 9.17) is 4.74 Å². The van der Waals surface area contributed by atoms with Gasteiger partial charge < -0.3 is 4.74 Å². The van der Waals surface area contributed by atoms with Gasteiger partial charge >= 0.3 is 0 Å². The summed E-state index contributed by atoms with van der Waals surface area (Å²) in [4.78, 5) is 21.9. The molecule has 0 amide bonds. The van der Waals surface area contributed by atoms with E-state index in [9.17, 15) is 14.9 Å². The van der Waals surface area contributed by atoms with Gasteiger partial charge in [-0.3, -0.25) is 14.9 Å². The van der Waals surface area contributed by atoms with Crippen molar-refractivity contribution in [2.45, 2.75) is 52.1 Å². The summed E-state index contributed by atoms with van der Waals surface area (Å²) in [7, 11) is 0. The van der Waals surface area contributed by atoms with Gasteiger partial charge in [-0.15, -0.1) is 0 Å². The van der Waals surface area contributed by atoms with Crippen molar-refractivity contribution in [3.8, 4) is 5.75 Å². The van der Waals surface area contributed by atoms with Gasteiger partial charge in [-0.1, -0.05) is 19.8 Å². The molecule has 5 nitrogen and oxygen atoms in total. The van der Waals surface area contributed by atoms with E-state index >= 15 is 0 Å². The zero-order valence-electron chi connectivity index (χ0n) is 12.5. The lowest BCUT2D eigenvalue weighted by Gasteiger charge is -2.28. The molecule has 1 aromatic rings. The fourth-order valence-electron chi connectivity index (χ4n) is 2.95. The van der Waals surface area contributed by atoms with Gasteiger partial charge in [0.2, 0.25) is 0 Å². The summed E-state index contributed by atoms with van der Waals surface area (Å²) in [6.45, 7) is 3.51. The Morgan fingerprint density at radius 1 is 1.43 bits per heavy atom. The number of ketones is 1. The van der Waals surface area contributed by atoms with Crippen LogP contribution in [-0.2, 0) is 0 Å². The molecule has 0 bridgehead atoms. The number of hydrogen-bond donors (Lipinski definition) is 0. The van der Waals surface area contributed by atoms with Crippen LogP contribution < -0.4 is 4.74 Å². The van der Waals surface area contributed by atoms with E-state index in [1.54, 1.807) is 6.07 Å². The molecular formula is C16H21NO4. The van der Waals surface area contributed by atoms with Crippen LogP contribution in [0.3, 0.4) is 0 Å². The highest BCUT2D eigenvalue weighted by molar-refractivity contribution is 5.98. The summed E-state index contributed by atoms with van der Waals surface area (Å²) in [6.07, 6.45) is 5.61. The zero-order valence-corrected chi connectivity index (χ0v) is 12.5. The SMILES string of the molecule is CCC1CCCC(Oc2ccc(C(C)=O)c([N+](=O)[O-])c2)C1. The Hall–Kier alpha value is -1.91. The summed E-state index contributed by atoms with van der Waals surface area (Å²) >= 11 is 0. The van der Waals surface area contributed by atoms with E-state index < -0.39 is 4.92 Å². The summed E-state index contributed by atoms with van der Waals surface area (Å²) < 4.78 is 5.90. The zero-order chi connectivity index (χ0) is 15.4. The standard InChI is InChI=1S/C16H21NO4/c1-3-12-5-4-6-13(9-12)21-14-7-8-15(11(2)18)16(10-14)17(19)20/h7-8,10,12-13H,3-6,9H2,1-2H3. The summed E-state index contributed by atoms with van der Waals surface area (Å²) in [5.74, 6) is 0.848. The Bertz CT molecular complexity index is 541. The van der Waals surface area contributed by atoms with Crippen molar-refractivity contribution in [1.29, 1.82) is 0 Å². The Labute approximate surface area is 124 Å². The minimum absolute atomic E-state index is 0.117. The smallest absolute Gasteiger partial charge is 0.283 e. The number of nitro benzene ring substituents is 1. The van der Waals surface area contributed by atoms with Gasteiger partial charge in [0.25, 0.3) is 5.69 Å². The van der Waals surface area contributed by atoms with Crippen LogP contribution in [0.2, 0.25) is 0 Å². The van der Waals surface area contributed by atoms with Crippen LogP contribution in [0, 0.1) is 16.0 Å². The number of hydrogen-bond acceptors (Lipinski definition) is 4. The summed E-state index contributed by atoms with van der Waals surface area (Å²) in [5, 5.41) is 11.1. The third-order valence-corrected chi connectivity index (χ3v) is 4.16. The van der Waals surface area contributed by atoms with Crippen molar-refractivity contribution < 1.29 is 14.5 Å². The van der Waals surface area contributed by atoms with Gasteiger partial charge in [0.15, 0.2) is 5.78 Å². The molecule has 0 heterocycles. The van der Waals surface area contributed by atoms with Gasteiger partial charge in [0.05, 0.1) is 22.7 Å². The Morgan fingerprint density at radius 2 is 2.19 bits per heavy atom. The minimum atomic E-state index is -0.528. The summed E-state index contributed by atoms with van der Waals surface area (Å²) in [6, 6.07) is 4.50. The summed E-state index contributed by atoms with van der Waals surface area (Å²) in [5.41, 5.74) is -0.0507. The molecule has 1 aromatic carbocycles. The number of carbonyl (C=O) groups excluding carboxylic acids is 1. The maximum atomic E-state index is 11.4. The lowest BCUT2D eigenvalue weighted by atomic mass is 9.85. The van der Waals surface area contributed by atoms with Crippen molar-refractivity contribution in [3.05, 3.63) is 33.9 Å². The van der Waals surface area contributed by atoms with Gasteiger partial charge in [0.1, 0.15) is 5.75 Å². The van der Waals surface area contributed by atoms with E-state index in [0.717, 1.165) is 25.7 Å². The first-order chi connectivity index (χ1) is 10.0. The maximum absolute atomic E-state index is 11.4. The molecule has 5 heteroatoms. The van der Waals surface area contributed by atoms with E-state index in [0.29, 0.717) is 11.7 Å². The van der Waals surface area contributed by atoms with Crippen LogP contribution in [0.25, 0.3) is 0 Å². The third kappa shape index (κ3) is 3.80. The van der Waals surface area contributed by atoms with Crippen LogP contribution in [0.1, 0.15) is 56.3 Å². The number of ether oxygens (including phenoxy) is 1. The van der Waals surface area contributed by atoms with Crippen LogP contribution in [0.4, 0.5) is 5.69 Å². The molecule has 0 aliphatic heterocycles. The number of carbonyl (C=O) groups is 1. The second-order valence-corrected chi connectivity index (χ2v) is 5.67. The minimum Gasteiger partial charge on any atom is -0.490 e. The molecule has 0 spiro atoms. The molecule has 1 aliphatic rings. The fourth-order valence-corrected chi connectivity index (χ4v) is 2.95. The number of nitrogens with zero attached hydrogens (tertiary/aromatic N) is 1. The molecule has 114 valence electrons. The van der Waals surface area contributed by atoms with Crippen molar-refractivity contribution in [2.24, 2.45) is 5.92 Å². The predicted molar refractivity (Wildman–Crippen MR) is 79.8 cm³/mol. The Morgan fingerprint density at radius 3 is 2.81 bits per heavy atom. The fraction of sp³-hybridized carbons (Fsp3) is 0.562. The van der Waals surface area contributed by atoms with Crippen molar-refractivity contribution in [3.63, 3.8) is 0 Å². The normalized spacial score (nSPS) is 21.8. The van der Waals surface area contributed by atoms with Gasteiger partial charge in [-0.05, 0) is 44.2 Å². The highest BCUT2D eigenvalue weighted by Gasteiger charge is 2.24. The topological polar surface area (TPSA) is 69.4 Å². The lowest BCUT2D eigenvalue weighted by Crippen LogP contribution is -2.25. The first kappa shape index (κ1) is 15.5. The Balaban J connectivity index is 2.15. The van der Waals surface area contributed by atoms with Gasteiger partial charge in [-0.25, -0.2) is 0 Å². The van der Waals surface area contributed by atoms with Crippen molar-refractivity contribution in [2.75, 3.05) is 0 Å². The number of rotatable bonds is 5. The van der Waals surface area contributed by atoms with E-state index in [-0.39, 0.29) is 23.1 Å². The number of benzene rings is 1. The molecule has 0 N–H and O–H groups in total. The van der Waals surface area contributed by atoms with Crippen LogP contribution in [0.15, 0.2) is 18.2 Å². The third-order valence-electron chi connectivity index (χ3n) is 4.16. The monoisotopic (exact) mass is 291 g/mol. The van der Waals surface area contributed by atoms with Crippen LogP contribution in [-0.4, -0.2) is 16.8 Å². The molecular weight excluding hydrogens is 270 g/mol. The highest BCUT2D eigenvalue weighted by atomic mass is 16.6. The molecule has 1 aliphatic carbocycles. The predicted octanol–water partition coefficient (Wildman–Crippen LogP) is 4.15. The highest BCUT2D eigenvalue weighted by Crippen LogP contribution is 2.31. The molecule has 1 fully saturated rings. The number of Topliss-reactive ketones (excluding diaryl/α,β-unsaturated/α-hetero) is 1. The van der Waals surface area contributed by atoms with E-state index in [1.165, 1.54) is 25.5 Å². The number of nitro groups is 1. The van der Waals surface area contributed by atoms with E-state index in [1.807, 2.05) is 0 Å². The maximum Gasteiger partial charge on any atom is 0.283 e. The largest absolute Gasteiger partial charge is 0.490 e. The quantitative estimate of drug-likeness (QED) is 0.464. The molecule has 0 radical (unpaired) electrons. The molecule has 1 saturated carbocycles. The average molecular weight is 291 g/mol. The molecule has 2 rings (SSSR count). The first-order valence-corrected chi connectivity index (χ1v) is 7.47. The molecule has 2 atom stereocenters. The van der Waals surface area contributed by atoms with Crippen molar-refractivity contribution in [1.82, 2.24) is 0 Å². The van der Waals surface area contributed by atoms with Gasteiger partial charge in [-0.2, -0.15) is 0 Å². The first-order valence-electron chi connectivity index (χ1n) is 7.47. The van der Waals surface area contributed by atoms with Crippen molar-refractivity contribution >= 4 is 11.5 Å². The molecule has 0 aromatic heterocycles. The van der Waals surface area contributed by atoms with E-state index in [2.05, 4.69) is 6.92 Å². The van der Waals surface area contributed by atoms with Crippen LogP contribution >= 0.6 is 0 Å². The molecule has 0 saturated heterocycles. The average Bonchev–Trinajstić information content (AvgIpc) is 2.47. The lowest BCUT2D eigenvalue weighted by molar-refractivity contribution is -0.385. The Kier molecular flexibility index (Phi) is 4.94.